The molecule has 1 rings (SSSR count). The molecule has 14 heavy (non-hydrogen) atoms. The number of morpholine rings is 1. The van der Waals surface area contributed by atoms with Crippen LogP contribution in [0.5, 0.6) is 0 Å². The molecule has 0 radical (unpaired) electrons. The second kappa shape index (κ2) is 4.09. The third-order valence-corrected chi connectivity index (χ3v) is 2.11. The summed E-state index contributed by atoms with van der Waals surface area (Å²) >= 11 is 0. The van der Waals surface area contributed by atoms with Gasteiger partial charge in [-0.2, -0.15) is 0 Å². The van der Waals surface area contributed by atoms with Crippen LogP contribution in [0.3, 0.4) is 0 Å². The molecule has 0 bridgehead atoms. The minimum Gasteiger partial charge on any atom is -0.391 e. The molecule has 1 aliphatic heterocycles. The SMILES string of the molecule is CC(C)(C)CCN1CC(=O)OC(=O)C1. The predicted octanol–water partition coefficient (Wildman–Crippen LogP) is 0.808. The average Bonchev–Trinajstić information content (AvgIpc) is 1.97. The topological polar surface area (TPSA) is 46.6 Å². The van der Waals surface area contributed by atoms with Gasteiger partial charge in [0.05, 0.1) is 13.1 Å². The number of carbonyl (C=O) groups is 2. The molecule has 0 spiro atoms. The molecule has 0 aromatic rings. The molecule has 4 heteroatoms. The van der Waals surface area contributed by atoms with Gasteiger partial charge in [-0.3, -0.25) is 14.5 Å². The molecule has 0 amide bonds. The minimum atomic E-state index is -0.435. The quantitative estimate of drug-likeness (QED) is 0.487. The average molecular weight is 199 g/mol. The molecule has 0 aromatic carbocycles. The Morgan fingerprint density at radius 1 is 1.21 bits per heavy atom. The van der Waals surface area contributed by atoms with E-state index in [1.54, 1.807) is 0 Å². The van der Waals surface area contributed by atoms with Crippen molar-refractivity contribution < 1.29 is 14.3 Å². The standard InChI is InChI=1S/C10H17NO3/c1-10(2,3)4-5-11-6-8(12)14-9(13)7-11/h4-7H2,1-3H3. The van der Waals surface area contributed by atoms with Crippen LogP contribution in [0.2, 0.25) is 0 Å². The maximum atomic E-state index is 10.9. The number of hydrogen-bond acceptors (Lipinski definition) is 4. The summed E-state index contributed by atoms with van der Waals surface area (Å²) in [5.41, 5.74) is 0.227. The van der Waals surface area contributed by atoms with E-state index in [9.17, 15) is 9.59 Å². The molecule has 1 aliphatic rings. The normalized spacial score (nSPS) is 19.6. The van der Waals surface area contributed by atoms with E-state index in [0.717, 1.165) is 13.0 Å². The van der Waals surface area contributed by atoms with Gasteiger partial charge in [0.2, 0.25) is 0 Å². The Balaban J connectivity index is 2.38. The summed E-state index contributed by atoms with van der Waals surface area (Å²) in [7, 11) is 0. The smallest absolute Gasteiger partial charge is 0.327 e. The Kier molecular flexibility index (Phi) is 3.26. The van der Waals surface area contributed by atoms with Crippen LogP contribution in [-0.2, 0) is 14.3 Å². The molecule has 0 N–H and O–H groups in total. The van der Waals surface area contributed by atoms with Gasteiger partial charge in [0.25, 0.3) is 0 Å². The zero-order chi connectivity index (χ0) is 10.8. The van der Waals surface area contributed by atoms with E-state index in [1.807, 2.05) is 4.90 Å². The highest BCUT2D eigenvalue weighted by Gasteiger charge is 2.25. The minimum absolute atomic E-state index is 0.227. The predicted molar refractivity (Wildman–Crippen MR) is 51.6 cm³/mol. The second-order valence-corrected chi connectivity index (χ2v) is 4.87. The Morgan fingerprint density at radius 2 is 1.71 bits per heavy atom. The second-order valence-electron chi connectivity index (χ2n) is 4.87. The highest BCUT2D eigenvalue weighted by Crippen LogP contribution is 2.19. The van der Waals surface area contributed by atoms with Gasteiger partial charge < -0.3 is 4.74 Å². The summed E-state index contributed by atoms with van der Waals surface area (Å²) < 4.78 is 4.43. The number of carbonyl (C=O) groups excluding carboxylic acids is 2. The van der Waals surface area contributed by atoms with Crippen molar-refractivity contribution in [3.05, 3.63) is 0 Å². The first-order chi connectivity index (χ1) is 6.37. The molecule has 1 saturated heterocycles. The summed E-state index contributed by atoms with van der Waals surface area (Å²) in [4.78, 5) is 23.7. The lowest BCUT2D eigenvalue weighted by Crippen LogP contribution is -2.43. The molecule has 0 aromatic heterocycles. The zero-order valence-electron chi connectivity index (χ0n) is 9.00. The van der Waals surface area contributed by atoms with Gasteiger partial charge >= 0.3 is 11.9 Å². The summed E-state index contributed by atoms with van der Waals surface area (Å²) in [5, 5.41) is 0. The van der Waals surface area contributed by atoms with Crippen molar-refractivity contribution in [2.24, 2.45) is 5.41 Å². The van der Waals surface area contributed by atoms with Crippen LogP contribution in [0.15, 0.2) is 0 Å². The third kappa shape index (κ3) is 3.87. The van der Waals surface area contributed by atoms with Crippen LogP contribution in [0.1, 0.15) is 27.2 Å². The van der Waals surface area contributed by atoms with Gasteiger partial charge in [-0.05, 0) is 18.4 Å². The van der Waals surface area contributed by atoms with Gasteiger partial charge in [-0.1, -0.05) is 20.8 Å². The Labute approximate surface area is 84.2 Å². The van der Waals surface area contributed by atoms with E-state index in [-0.39, 0.29) is 18.5 Å². The van der Waals surface area contributed by atoms with E-state index in [1.165, 1.54) is 0 Å². The van der Waals surface area contributed by atoms with Gasteiger partial charge in [-0.25, -0.2) is 0 Å². The Morgan fingerprint density at radius 3 is 2.14 bits per heavy atom. The molecule has 0 saturated carbocycles. The van der Waals surface area contributed by atoms with Crippen molar-refractivity contribution >= 4 is 11.9 Å². The number of ether oxygens (including phenoxy) is 1. The monoisotopic (exact) mass is 199 g/mol. The van der Waals surface area contributed by atoms with E-state index in [4.69, 9.17) is 0 Å². The van der Waals surface area contributed by atoms with Crippen molar-refractivity contribution in [3.63, 3.8) is 0 Å². The van der Waals surface area contributed by atoms with Crippen LogP contribution in [0, 0.1) is 5.41 Å². The lowest BCUT2D eigenvalue weighted by molar-refractivity contribution is -0.166. The van der Waals surface area contributed by atoms with Crippen molar-refractivity contribution in [1.82, 2.24) is 4.90 Å². The maximum absolute atomic E-state index is 10.9. The first-order valence-corrected chi connectivity index (χ1v) is 4.83. The lowest BCUT2D eigenvalue weighted by Gasteiger charge is -2.27. The Bertz CT molecular complexity index is 226. The maximum Gasteiger partial charge on any atom is 0.327 e. The van der Waals surface area contributed by atoms with Crippen LogP contribution in [-0.4, -0.2) is 36.5 Å². The van der Waals surface area contributed by atoms with Crippen molar-refractivity contribution in [3.8, 4) is 0 Å². The number of rotatable bonds is 2. The van der Waals surface area contributed by atoms with E-state index in [2.05, 4.69) is 25.5 Å². The van der Waals surface area contributed by atoms with Crippen molar-refractivity contribution in [2.45, 2.75) is 27.2 Å². The number of esters is 2. The molecule has 4 nitrogen and oxygen atoms in total. The molecular formula is C10H17NO3. The summed E-state index contributed by atoms with van der Waals surface area (Å²) in [6.45, 7) is 7.65. The number of cyclic esters (lactones) is 2. The zero-order valence-corrected chi connectivity index (χ0v) is 9.00. The molecular weight excluding hydrogens is 182 g/mol. The molecule has 0 unspecified atom stereocenters. The lowest BCUT2D eigenvalue weighted by atomic mass is 9.92. The van der Waals surface area contributed by atoms with E-state index >= 15 is 0 Å². The molecule has 1 fully saturated rings. The van der Waals surface area contributed by atoms with E-state index < -0.39 is 11.9 Å². The fourth-order valence-electron chi connectivity index (χ4n) is 1.26. The van der Waals surface area contributed by atoms with Crippen LogP contribution in [0.25, 0.3) is 0 Å². The summed E-state index contributed by atoms with van der Waals surface area (Å²) in [5.74, 6) is -0.870. The van der Waals surface area contributed by atoms with Gasteiger partial charge in [0.1, 0.15) is 0 Å². The van der Waals surface area contributed by atoms with Crippen molar-refractivity contribution in [1.29, 1.82) is 0 Å². The first-order valence-electron chi connectivity index (χ1n) is 4.83. The van der Waals surface area contributed by atoms with Gasteiger partial charge in [0.15, 0.2) is 0 Å². The Hall–Kier alpha value is -0.900. The largest absolute Gasteiger partial charge is 0.391 e. The van der Waals surface area contributed by atoms with Gasteiger partial charge in [-0.15, -0.1) is 0 Å². The summed E-state index contributed by atoms with van der Waals surface area (Å²) in [6, 6.07) is 0. The first kappa shape index (κ1) is 11.2. The molecule has 80 valence electrons. The van der Waals surface area contributed by atoms with Crippen molar-refractivity contribution in [2.75, 3.05) is 19.6 Å². The highest BCUT2D eigenvalue weighted by atomic mass is 16.6. The van der Waals surface area contributed by atoms with Crippen LogP contribution < -0.4 is 0 Å². The highest BCUT2D eigenvalue weighted by molar-refractivity contribution is 5.90. The van der Waals surface area contributed by atoms with E-state index in [0.29, 0.717) is 0 Å². The van der Waals surface area contributed by atoms with Gasteiger partial charge in [0, 0.05) is 0 Å². The third-order valence-electron chi connectivity index (χ3n) is 2.11. The molecule has 0 aliphatic carbocycles. The summed E-state index contributed by atoms with van der Waals surface area (Å²) in [6.07, 6.45) is 0.966. The number of nitrogens with zero attached hydrogens (tertiary/aromatic N) is 1. The molecule has 0 atom stereocenters. The van der Waals surface area contributed by atoms with Crippen LogP contribution >= 0.6 is 0 Å². The number of hydrogen-bond donors (Lipinski definition) is 0. The fraction of sp³-hybridized carbons (Fsp3) is 0.800. The molecule has 1 heterocycles. The van der Waals surface area contributed by atoms with Crippen LogP contribution in [0.4, 0.5) is 0 Å². The fourth-order valence-corrected chi connectivity index (χ4v) is 1.26.